The molecule has 0 bridgehead atoms. The first-order valence-corrected chi connectivity index (χ1v) is 11.9. The largest absolute Gasteiger partial charge is 0.434 e. The van der Waals surface area contributed by atoms with E-state index in [1.807, 2.05) is 6.92 Å². The molecule has 10 heteroatoms. The highest BCUT2D eigenvalue weighted by Crippen LogP contribution is 2.34. The van der Waals surface area contributed by atoms with Gasteiger partial charge in [-0.1, -0.05) is 36.6 Å². The van der Waals surface area contributed by atoms with Crippen LogP contribution in [0.3, 0.4) is 0 Å². The molecule has 0 spiro atoms. The molecule has 4 rings (SSSR count). The molecular formula is C26H28F3N5O2. The highest BCUT2D eigenvalue weighted by molar-refractivity contribution is 6.05. The molecule has 1 fully saturated rings. The fourth-order valence-corrected chi connectivity index (χ4v) is 4.24. The van der Waals surface area contributed by atoms with Crippen molar-refractivity contribution in [2.24, 2.45) is 0 Å². The fourth-order valence-electron chi connectivity index (χ4n) is 4.24. The number of nitrogens with one attached hydrogen (secondary N) is 2. The molecule has 3 aromatic rings. The number of rotatable bonds is 6. The van der Waals surface area contributed by atoms with Gasteiger partial charge in [0.05, 0.1) is 24.0 Å². The van der Waals surface area contributed by atoms with Crippen molar-refractivity contribution in [3.05, 3.63) is 71.5 Å². The van der Waals surface area contributed by atoms with E-state index in [1.54, 1.807) is 30.3 Å². The minimum absolute atomic E-state index is 0.181. The third kappa shape index (κ3) is 6.31. The van der Waals surface area contributed by atoms with Crippen LogP contribution >= 0.6 is 0 Å². The Labute approximate surface area is 207 Å². The first kappa shape index (κ1) is 25.4. The standard InChI is InChI=1S/C26H28F3N5O2/c1-18-9-11-21(12-10-18)34-24(26(27,28)29)22(16-30-34)25(36)32-20-8-6-7-19(15-20)31-23(35)17-33-13-4-2-3-5-14-33/h6-12,15-16H,2-5,13-14,17H2,1H3,(H,31,35)(H,32,36). The van der Waals surface area contributed by atoms with Gasteiger partial charge in [-0.3, -0.25) is 14.5 Å². The van der Waals surface area contributed by atoms with Gasteiger partial charge < -0.3 is 10.6 Å². The lowest BCUT2D eigenvalue weighted by Gasteiger charge is -2.19. The number of likely N-dealkylation sites (tertiary alicyclic amines) is 1. The molecule has 2 heterocycles. The van der Waals surface area contributed by atoms with Crippen molar-refractivity contribution < 1.29 is 22.8 Å². The Kier molecular flexibility index (Phi) is 7.73. The Bertz CT molecular complexity index is 1210. The number of benzene rings is 2. The quantitative estimate of drug-likeness (QED) is 0.485. The van der Waals surface area contributed by atoms with Gasteiger partial charge in [0.2, 0.25) is 5.91 Å². The maximum absolute atomic E-state index is 13.9. The number of amides is 2. The van der Waals surface area contributed by atoms with Gasteiger partial charge in [-0.25, -0.2) is 4.68 Å². The van der Waals surface area contributed by atoms with E-state index in [9.17, 15) is 22.8 Å². The molecule has 0 aliphatic carbocycles. The summed E-state index contributed by atoms with van der Waals surface area (Å²) in [6, 6.07) is 12.7. The van der Waals surface area contributed by atoms with Crippen LogP contribution in [0.4, 0.5) is 24.5 Å². The summed E-state index contributed by atoms with van der Waals surface area (Å²) in [4.78, 5) is 27.4. The van der Waals surface area contributed by atoms with Crippen LogP contribution in [0.2, 0.25) is 0 Å². The molecule has 0 atom stereocenters. The SMILES string of the molecule is Cc1ccc(-n2ncc(C(=O)Nc3cccc(NC(=O)CN4CCCCCC4)c3)c2C(F)(F)F)cc1. The molecule has 1 aliphatic rings. The number of carbonyl (C=O) groups excluding carboxylic acids is 2. The zero-order valence-corrected chi connectivity index (χ0v) is 19.9. The summed E-state index contributed by atoms with van der Waals surface area (Å²) in [5.41, 5.74) is 0.0177. The lowest BCUT2D eigenvalue weighted by atomic mass is 10.2. The molecule has 0 unspecified atom stereocenters. The van der Waals surface area contributed by atoms with Gasteiger partial charge in [0.25, 0.3) is 5.91 Å². The van der Waals surface area contributed by atoms with Crippen LogP contribution in [0.5, 0.6) is 0 Å². The van der Waals surface area contributed by atoms with Crippen molar-refractivity contribution in [3.63, 3.8) is 0 Å². The van der Waals surface area contributed by atoms with Crippen molar-refractivity contribution in [1.82, 2.24) is 14.7 Å². The third-order valence-corrected chi connectivity index (χ3v) is 6.03. The first-order valence-electron chi connectivity index (χ1n) is 11.9. The van der Waals surface area contributed by atoms with Gasteiger partial charge in [0, 0.05) is 11.4 Å². The molecule has 2 amide bonds. The topological polar surface area (TPSA) is 79.3 Å². The van der Waals surface area contributed by atoms with Gasteiger partial charge >= 0.3 is 6.18 Å². The molecule has 1 aromatic heterocycles. The second-order valence-electron chi connectivity index (χ2n) is 8.93. The van der Waals surface area contributed by atoms with Crippen LogP contribution in [0.1, 0.15) is 47.3 Å². The minimum atomic E-state index is -4.81. The summed E-state index contributed by atoms with van der Waals surface area (Å²) in [6.07, 6.45) is 0.562. The molecule has 190 valence electrons. The van der Waals surface area contributed by atoms with E-state index < -0.39 is 23.3 Å². The molecular weight excluding hydrogens is 471 g/mol. The lowest BCUT2D eigenvalue weighted by molar-refractivity contribution is -0.143. The number of aryl methyl sites for hydroxylation is 1. The van der Waals surface area contributed by atoms with Crippen molar-refractivity contribution in [1.29, 1.82) is 0 Å². The number of carbonyl (C=O) groups is 2. The average molecular weight is 500 g/mol. The van der Waals surface area contributed by atoms with Crippen molar-refractivity contribution >= 4 is 23.2 Å². The van der Waals surface area contributed by atoms with Gasteiger partial charge in [-0.15, -0.1) is 0 Å². The predicted molar refractivity (Wildman–Crippen MR) is 131 cm³/mol. The van der Waals surface area contributed by atoms with E-state index in [-0.39, 0.29) is 23.8 Å². The van der Waals surface area contributed by atoms with Crippen LogP contribution in [0, 0.1) is 6.92 Å². The highest BCUT2D eigenvalue weighted by atomic mass is 19.4. The molecule has 2 aromatic carbocycles. The predicted octanol–water partition coefficient (Wildman–Crippen LogP) is 5.27. The van der Waals surface area contributed by atoms with E-state index in [2.05, 4.69) is 20.6 Å². The van der Waals surface area contributed by atoms with Crippen molar-refractivity contribution in [2.75, 3.05) is 30.3 Å². The maximum Gasteiger partial charge on any atom is 0.434 e. The normalized spacial score (nSPS) is 14.8. The van der Waals surface area contributed by atoms with Crippen LogP contribution in [-0.4, -0.2) is 46.1 Å². The second-order valence-corrected chi connectivity index (χ2v) is 8.93. The van der Waals surface area contributed by atoms with E-state index in [0.717, 1.165) is 37.7 Å². The van der Waals surface area contributed by atoms with Crippen LogP contribution in [0.15, 0.2) is 54.7 Å². The minimum Gasteiger partial charge on any atom is -0.325 e. The zero-order chi connectivity index (χ0) is 25.7. The lowest BCUT2D eigenvalue weighted by Crippen LogP contribution is -2.33. The molecule has 2 N–H and O–H groups in total. The summed E-state index contributed by atoms with van der Waals surface area (Å²) >= 11 is 0. The summed E-state index contributed by atoms with van der Waals surface area (Å²) in [5, 5.41) is 9.13. The zero-order valence-electron chi connectivity index (χ0n) is 19.9. The molecule has 0 saturated carbocycles. The Hall–Kier alpha value is -3.66. The van der Waals surface area contributed by atoms with Gasteiger partial charge in [0.15, 0.2) is 5.69 Å². The number of anilines is 2. The van der Waals surface area contributed by atoms with Gasteiger partial charge in [0.1, 0.15) is 0 Å². The third-order valence-electron chi connectivity index (χ3n) is 6.03. The van der Waals surface area contributed by atoms with E-state index in [1.165, 1.54) is 31.0 Å². The van der Waals surface area contributed by atoms with Crippen LogP contribution < -0.4 is 10.6 Å². The number of aromatic nitrogens is 2. The number of nitrogens with zero attached hydrogens (tertiary/aromatic N) is 3. The summed E-state index contributed by atoms with van der Waals surface area (Å²) < 4.78 is 42.5. The monoisotopic (exact) mass is 499 g/mol. The van der Waals surface area contributed by atoms with Crippen molar-refractivity contribution in [3.8, 4) is 5.69 Å². The first-order chi connectivity index (χ1) is 17.2. The number of hydrogen-bond acceptors (Lipinski definition) is 4. The summed E-state index contributed by atoms with van der Waals surface area (Å²) in [5.74, 6) is -1.13. The van der Waals surface area contributed by atoms with E-state index in [4.69, 9.17) is 0 Å². The number of alkyl halides is 3. The summed E-state index contributed by atoms with van der Waals surface area (Å²) in [7, 11) is 0. The van der Waals surface area contributed by atoms with Crippen molar-refractivity contribution in [2.45, 2.75) is 38.8 Å². The Balaban J connectivity index is 1.48. The fraction of sp³-hybridized carbons (Fsp3) is 0.346. The molecule has 36 heavy (non-hydrogen) atoms. The van der Waals surface area contributed by atoms with E-state index in [0.29, 0.717) is 10.4 Å². The molecule has 0 radical (unpaired) electrons. The highest BCUT2D eigenvalue weighted by Gasteiger charge is 2.40. The Morgan fingerprint density at radius 2 is 1.58 bits per heavy atom. The van der Waals surface area contributed by atoms with E-state index >= 15 is 0 Å². The number of hydrogen-bond donors (Lipinski definition) is 2. The smallest absolute Gasteiger partial charge is 0.325 e. The Morgan fingerprint density at radius 1 is 0.944 bits per heavy atom. The van der Waals surface area contributed by atoms with Crippen LogP contribution in [0.25, 0.3) is 5.69 Å². The van der Waals surface area contributed by atoms with Gasteiger partial charge in [-0.2, -0.15) is 18.3 Å². The number of halogens is 3. The summed E-state index contributed by atoms with van der Waals surface area (Å²) in [6.45, 7) is 3.84. The average Bonchev–Trinajstić information content (AvgIpc) is 3.13. The second kappa shape index (κ2) is 10.9. The maximum atomic E-state index is 13.9. The van der Waals surface area contributed by atoms with Gasteiger partial charge in [-0.05, 0) is 63.2 Å². The molecule has 1 saturated heterocycles. The van der Waals surface area contributed by atoms with Crippen LogP contribution in [-0.2, 0) is 11.0 Å². The molecule has 1 aliphatic heterocycles. The Morgan fingerprint density at radius 3 is 2.22 bits per heavy atom. The molecule has 7 nitrogen and oxygen atoms in total.